The lowest BCUT2D eigenvalue weighted by atomic mass is 10.2. The van der Waals surface area contributed by atoms with E-state index in [1.54, 1.807) is 0 Å². The lowest BCUT2D eigenvalue weighted by Crippen LogP contribution is -2.43. The molecule has 1 atom stereocenters. The Kier molecular flexibility index (Phi) is 4.12. The third-order valence-electron chi connectivity index (χ3n) is 3.64. The highest BCUT2D eigenvalue weighted by Gasteiger charge is 2.42. The van der Waals surface area contributed by atoms with Crippen LogP contribution in [0.1, 0.15) is 38.5 Å². The van der Waals surface area contributed by atoms with Crippen LogP contribution in [0.3, 0.4) is 0 Å². The van der Waals surface area contributed by atoms with Crippen molar-refractivity contribution in [2.45, 2.75) is 50.6 Å². The number of rotatable bonds is 5. The van der Waals surface area contributed by atoms with Gasteiger partial charge < -0.3 is 11.1 Å². The summed E-state index contributed by atoms with van der Waals surface area (Å²) in [6.07, 6.45) is 5.38. The van der Waals surface area contributed by atoms with Crippen LogP contribution < -0.4 is 11.1 Å². The van der Waals surface area contributed by atoms with E-state index in [0.29, 0.717) is 19.5 Å². The fraction of sp³-hybridized carbons (Fsp3) is 0.833. The van der Waals surface area contributed by atoms with Gasteiger partial charge in [-0.1, -0.05) is 12.8 Å². The van der Waals surface area contributed by atoms with Crippen molar-refractivity contribution in [1.29, 1.82) is 0 Å². The van der Waals surface area contributed by atoms with Crippen molar-refractivity contribution in [2.24, 2.45) is 5.73 Å². The molecule has 0 aromatic carbocycles. The Bertz CT molecular complexity index is 300. The van der Waals surface area contributed by atoms with E-state index < -0.39 is 0 Å². The first kappa shape index (κ1) is 12.5. The largest absolute Gasteiger partial charge is 0.330 e. The summed E-state index contributed by atoms with van der Waals surface area (Å²) in [5.41, 5.74) is 5.40. The Morgan fingerprint density at radius 3 is 2.65 bits per heavy atom. The van der Waals surface area contributed by atoms with E-state index in [1.165, 1.54) is 4.90 Å². The van der Waals surface area contributed by atoms with Gasteiger partial charge in [-0.2, -0.15) is 0 Å². The second-order valence-corrected chi connectivity index (χ2v) is 4.89. The fourth-order valence-corrected chi connectivity index (χ4v) is 2.73. The molecule has 2 rings (SSSR count). The highest BCUT2D eigenvalue weighted by molar-refractivity contribution is 6.05. The smallest absolute Gasteiger partial charge is 0.247 e. The van der Waals surface area contributed by atoms with E-state index >= 15 is 0 Å². The molecule has 1 heterocycles. The maximum atomic E-state index is 12.1. The average Bonchev–Trinajstić information content (AvgIpc) is 2.89. The molecule has 1 unspecified atom stereocenters. The van der Waals surface area contributed by atoms with Crippen molar-refractivity contribution in [3.8, 4) is 0 Å². The molecule has 17 heavy (non-hydrogen) atoms. The first-order valence-corrected chi connectivity index (χ1v) is 6.53. The van der Waals surface area contributed by atoms with Gasteiger partial charge in [-0.25, -0.2) is 0 Å². The van der Waals surface area contributed by atoms with Crippen LogP contribution in [0.25, 0.3) is 0 Å². The first-order chi connectivity index (χ1) is 8.24. The van der Waals surface area contributed by atoms with Gasteiger partial charge in [-0.05, 0) is 32.4 Å². The molecule has 1 aliphatic heterocycles. The molecule has 1 saturated heterocycles. The standard InChI is InChI=1S/C12H21N3O2/c13-6-3-7-14-10-8-11(16)15(12(10)17)9-4-1-2-5-9/h9-10,14H,1-8,13H2. The quantitative estimate of drug-likeness (QED) is 0.523. The number of nitrogens with zero attached hydrogens (tertiary/aromatic N) is 1. The molecule has 5 heteroatoms. The molecule has 1 aliphatic carbocycles. The molecule has 2 aliphatic rings. The van der Waals surface area contributed by atoms with Crippen LogP contribution >= 0.6 is 0 Å². The molecule has 0 bridgehead atoms. The van der Waals surface area contributed by atoms with Crippen LogP contribution in [0.2, 0.25) is 0 Å². The highest BCUT2D eigenvalue weighted by Crippen LogP contribution is 2.27. The summed E-state index contributed by atoms with van der Waals surface area (Å²) in [5, 5.41) is 3.12. The van der Waals surface area contributed by atoms with Crippen LogP contribution in [-0.2, 0) is 9.59 Å². The Morgan fingerprint density at radius 2 is 2.00 bits per heavy atom. The normalized spacial score (nSPS) is 26.2. The van der Waals surface area contributed by atoms with E-state index in [-0.39, 0.29) is 23.9 Å². The van der Waals surface area contributed by atoms with Crippen LogP contribution in [-0.4, -0.2) is 41.9 Å². The number of nitrogens with one attached hydrogen (secondary N) is 1. The van der Waals surface area contributed by atoms with Crippen molar-refractivity contribution in [3.05, 3.63) is 0 Å². The van der Waals surface area contributed by atoms with Crippen LogP contribution in [0.15, 0.2) is 0 Å². The molecular formula is C12H21N3O2. The third kappa shape index (κ3) is 2.66. The topological polar surface area (TPSA) is 75.4 Å². The van der Waals surface area contributed by atoms with Crippen molar-refractivity contribution in [2.75, 3.05) is 13.1 Å². The molecule has 5 nitrogen and oxygen atoms in total. The SMILES string of the molecule is NCCCNC1CC(=O)N(C2CCCC2)C1=O. The van der Waals surface area contributed by atoms with Crippen molar-refractivity contribution in [3.63, 3.8) is 0 Å². The van der Waals surface area contributed by atoms with Crippen LogP contribution in [0.4, 0.5) is 0 Å². The average molecular weight is 239 g/mol. The zero-order chi connectivity index (χ0) is 12.3. The monoisotopic (exact) mass is 239 g/mol. The lowest BCUT2D eigenvalue weighted by molar-refractivity contribution is -0.141. The Hall–Kier alpha value is -0.940. The minimum atomic E-state index is -0.311. The molecule has 0 radical (unpaired) electrons. The Morgan fingerprint density at radius 1 is 1.29 bits per heavy atom. The summed E-state index contributed by atoms with van der Waals surface area (Å²) in [6, 6.07) is -0.147. The number of hydrogen-bond donors (Lipinski definition) is 2. The number of carbonyl (C=O) groups is 2. The molecule has 0 spiro atoms. The zero-order valence-corrected chi connectivity index (χ0v) is 10.2. The fourth-order valence-electron chi connectivity index (χ4n) is 2.73. The van der Waals surface area contributed by atoms with Crippen molar-refractivity contribution in [1.82, 2.24) is 10.2 Å². The summed E-state index contributed by atoms with van der Waals surface area (Å²) < 4.78 is 0. The number of imide groups is 1. The molecule has 2 fully saturated rings. The summed E-state index contributed by atoms with van der Waals surface area (Å²) in [6.45, 7) is 1.31. The van der Waals surface area contributed by atoms with E-state index in [2.05, 4.69) is 5.32 Å². The molecule has 1 saturated carbocycles. The second-order valence-electron chi connectivity index (χ2n) is 4.89. The van der Waals surface area contributed by atoms with Gasteiger partial charge in [0.25, 0.3) is 0 Å². The summed E-state index contributed by atoms with van der Waals surface area (Å²) in [5.74, 6) is -0.0360. The van der Waals surface area contributed by atoms with Crippen molar-refractivity contribution >= 4 is 11.8 Å². The van der Waals surface area contributed by atoms with Crippen molar-refractivity contribution < 1.29 is 9.59 Å². The minimum Gasteiger partial charge on any atom is -0.330 e. The number of nitrogens with two attached hydrogens (primary N) is 1. The molecule has 96 valence electrons. The van der Waals surface area contributed by atoms with Gasteiger partial charge >= 0.3 is 0 Å². The predicted molar refractivity (Wildman–Crippen MR) is 64.2 cm³/mol. The van der Waals surface area contributed by atoms with Crippen LogP contribution in [0, 0.1) is 0 Å². The van der Waals surface area contributed by atoms with Gasteiger partial charge in [0.15, 0.2) is 0 Å². The zero-order valence-electron chi connectivity index (χ0n) is 10.2. The number of likely N-dealkylation sites (tertiary alicyclic amines) is 1. The summed E-state index contributed by atoms with van der Waals surface area (Å²) >= 11 is 0. The van der Waals surface area contributed by atoms with Gasteiger partial charge in [-0.15, -0.1) is 0 Å². The molecule has 0 aromatic rings. The second kappa shape index (κ2) is 5.60. The van der Waals surface area contributed by atoms with E-state index in [1.807, 2.05) is 0 Å². The van der Waals surface area contributed by atoms with Gasteiger partial charge in [0, 0.05) is 6.04 Å². The Labute approximate surface area is 102 Å². The molecular weight excluding hydrogens is 218 g/mol. The van der Waals surface area contributed by atoms with Crippen LogP contribution in [0.5, 0.6) is 0 Å². The third-order valence-corrected chi connectivity index (χ3v) is 3.64. The number of hydrogen-bond acceptors (Lipinski definition) is 4. The van der Waals surface area contributed by atoms with Gasteiger partial charge in [0.1, 0.15) is 0 Å². The summed E-state index contributed by atoms with van der Waals surface area (Å²) in [7, 11) is 0. The molecule has 2 amide bonds. The predicted octanol–water partition coefficient (Wildman–Crippen LogP) is -0.00510. The first-order valence-electron chi connectivity index (χ1n) is 6.53. The van der Waals surface area contributed by atoms with E-state index in [4.69, 9.17) is 5.73 Å². The number of carbonyl (C=O) groups excluding carboxylic acids is 2. The summed E-state index contributed by atoms with van der Waals surface area (Å²) in [4.78, 5) is 25.5. The molecule has 0 aromatic heterocycles. The Balaban J connectivity index is 1.91. The molecule has 3 N–H and O–H groups in total. The maximum absolute atomic E-state index is 12.1. The minimum absolute atomic E-state index is 0.00727. The maximum Gasteiger partial charge on any atom is 0.247 e. The lowest BCUT2D eigenvalue weighted by Gasteiger charge is -2.22. The highest BCUT2D eigenvalue weighted by atomic mass is 16.2. The van der Waals surface area contributed by atoms with Gasteiger partial charge in [0.2, 0.25) is 11.8 Å². The van der Waals surface area contributed by atoms with Gasteiger partial charge in [-0.3, -0.25) is 14.5 Å². The van der Waals surface area contributed by atoms with E-state index in [0.717, 1.165) is 32.1 Å². The van der Waals surface area contributed by atoms with Gasteiger partial charge in [0.05, 0.1) is 12.5 Å². The number of amides is 2. The van der Waals surface area contributed by atoms with E-state index in [9.17, 15) is 9.59 Å².